The van der Waals surface area contributed by atoms with Crippen molar-refractivity contribution in [1.29, 1.82) is 0 Å². The van der Waals surface area contributed by atoms with Gasteiger partial charge in [-0.2, -0.15) is 0 Å². The summed E-state index contributed by atoms with van der Waals surface area (Å²) in [5.74, 6) is -4.64. The molecule has 0 radical (unpaired) electrons. The van der Waals surface area contributed by atoms with Crippen molar-refractivity contribution in [2.75, 3.05) is 13.1 Å². The lowest BCUT2D eigenvalue weighted by Gasteiger charge is -2.32. The zero-order valence-corrected chi connectivity index (χ0v) is 35.0. The molecule has 68 heavy (non-hydrogen) atoms. The van der Waals surface area contributed by atoms with E-state index in [1.165, 1.54) is 49.1 Å². The molecule has 0 saturated carbocycles. The summed E-state index contributed by atoms with van der Waals surface area (Å²) in [7, 11) is 0. The second-order valence-electron chi connectivity index (χ2n) is 15.7. The van der Waals surface area contributed by atoms with E-state index in [1.54, 1.807) is 73.3 Å². The lowest BCUT2D eigenvalue weighted by atomic mass is 9.80. The molecule has 4 aromatic heterocycles. The summed E-state index contributed by atoms with van der Waals surface area (Å²) >= 11 is 0. The molecular weight excluding hydrogens is 877 g/mol. The minimum atomic E-state index is -1.23. The number of ether oxygens (including phenoxy) is 4. The van der Waals surface area contributed by atoms with Crippen molar-refractivity contribution >= 4 is 78.7 Å². The molecule has 0 aliphatic carbocycles. The van der Waals surface area contributed by atoms with Crippen LogP contribution in [-0.4, -0.2) is 88.6 Å². The zero-order chi connectivity index (χ0) is 46.8. The first kappa shape index (κ1) is 41.1. The number of carbonyl (C=O) groups is 6. The van der Waals surface area contributed by atoms with E-state index in [9.17, 15) is 39.0 Å². The molecule has 0 fully saturated rings. The summed E-state index contributed by atoms with van der Waals surface area (Å²) in [6.07, 6.45) is 10.9. The first-order valence-corrected chi connectivity index (χ1v) is 20.9. The predicted octanol–water partition coefficient (Wildman–Crippen LogP) is 8.63. The van der Waals surface area contributed by atoms with Crippen LogP contribution in [0.2, 0.25) is 0 Å². The van der Waals surface area contributed by atoms with Gasteiger partial charge in [0, 0.05) is 81.0 Å². The standard InChI is InChI=1S/C50H30N6O12/c57-37(58)9-15-55-47(61)29-17-33(65-25-5-1-11-51-21-25)41-42-34(66-26-6-2-12-52-22-26)18-31-40-32(50(64)56(49(31)63)16-10-38(59)60)20-36(68-28-8-4-14-54-24-28)44(46(40)42)43-35(67-27-7-3-13-53-23-27)19-30(48(55)62)39(29)45(41)43/h1-8,11-14,17-24H,9-10,15-16H2,(H,57,58)(H,59,60). The van der Waals surface area contributed by atoms with Crippen LogP contribution in [0.25, 0.3) is 43.1 Å². The number of amides is 4. The van der Waals surface area contributed by atoms with Gasteiger partial charge in [-0.1, -0.05) is 0 Å². The van der Waals surface area contributed by atoms with Crippen molar-refractivity contribution < 1.29 is 57.9 Å². The number of aromatic nitrogens is 4. The van der Waals surface area contributed by atoms with Crippen molar-refractivity contribution in [3.05, 3.63) is 145 Å². The first-order chi connectivity index (χ1) is 33.0. The maximum atomic E-state index is 14.7. The average Bonchev–Trinajstić information content (AvgIpc) is 3.34. The fraction of sp³-hybridized carbons (Fsp3) is 0.0800. The number of benzene rings is 5. The summed E-state index contributed by atoms with van der Waals surface area (Å²) in [6.45, 7) is -0.916. The van der Waals surface area contributed by atoms with Gasteiger partial charge in [0.05, 0.1) is 59.9 Å². The van der Waals surface area contributed by atoms with Crippen LogP contribution in [0, 0.1) is 0 Å². The van der Waals surface area contributed by atoms with Gasteiger partial charge in [-0.25, -0.2) is 0 Å². The van der Waals surface area contributed by atoms with Crippen LogP contribution in [0.15, 0.2) is 122 Å². The number of pyridine rings is 4. The fourth-order valence-electron chi connectivity index (χ4n) is 8.89. The van der Waals surface area contributed by atoms with Gasteiger partial charge in [0.1, 0.15) is 46.0 Å². The van der Waals surface area contributed by atoms with Crippen LogP contribution < -0.4 is 18.9 Å². The number of aliphatic carboxylic acids is 2. The van der Waals surface area contributed by atoms with E-state index < -0.39 is 61.5 Å². The van der Waals surface area contributed by atoms with Gasteiger partial charge in [0.15, 0.2) is 0 Å². The molecule has 6 heterocycles. The molecule has 0 unspecified atom stereocenters. The number of fused-ring (bicyclic) bond motifs is 2. The van der Waals surface area contributed by atoms with Crippen LogP contribution in [0.1, 0.15) is 54.3 Å². The molecule has 0 spiro atoms. The van der Waals surface area contributed by atoms with Crippen molar-refractivity contribution in [3.8, 4) is 46.0 Å². The maximum Gasteiger partial charge on any atom is 0.305 e. The number of hydrogen-bond acceptors (Lipinski definition) is 14. The third-order valence-corrected chi connectivity index (χ3v) is 11.6. The molecule has 18 heteroatoms. The van der Waals surface area contributed by atoms with Crippen LogP contribution in [0.5, 0.6) is 46.0 Å². The highest BCUT2D eigenvalue weighted by atomic mass is 16.5. The summed E-state index contributed by atoms with van der Waals surface area (Å²) in [5.41, 5.74) is -0.0750. The molecule has 4 amide bonds. The quantitative estimate of drug-likeness (QED) is 0.0590. The molecular formula is C50H30N6O12. The second-order valence-corrected chi connectivity index (χ2v) is 15.7. The minimum Gasteiger partial charge on any atom is -0.481 e. The Morgan fingerprint density at radius 1 is 0.412 bits per heavy atom. The van der Waals surface area contributed by atoms with E-state index in [0.29, 0.717) is 0 Å². The Morgan fingerprint density at radius 3 is 0.897 bits per heavy atom. The van der Waals surface area contributed by atoms with E-state index in [0.717, 1.165) is 9.80 Å². The van der Waals surface area contributed by atoms with Gasteiger partial charge in [0.2, 0.25) is 0 Å². The maximum absolute atomic E-state index is 14.7. The van der Waals surface area contributed by atoms with Crippen molar-refractivity contribution in [2.45, 2.75) is 12.8 Å². The van der Waals surface area contributed by atoms with Gasteiger partial charge in [0.25, 0.3) is 23.6 Å². The minimum absolute atomic E-state index is 0.0188. The van der Waals surface area contributed by atoms with E-state index in [-0.39, 0.29) is 111 Å². The number of hydrogen-bond donors (Lipinski definition) is 2. The SMILES string of the molecule is O=C(O)CCN1C(=O)c2cc(Oc3cccnc3)c3c4c(Oc5cccnc5)cc5c6c(cc(Oc7cccnc7)c(c7c(Oc8cccnc8)cc(c2c37)C1=O)c64)C(=O)N(CCC(=O)O)C5=O. The number of nitrogens with zero attached hydrogens (tertiary/aromatic N) is 6. The largest absolute Gasteiger partial charge is 0.481 e. The van der Waals surface area contributed by atoms with Crippen LogP contribution in [0.3, 0.4) is 0 Å². The van der Waals surface area contributed by atoms with Crippen molar-refractivity contribution in [3.63, 3.8) is 0 Å². The van der Waals surface area contributed by atoms with Gasteiger partial charge in [-0.15, -0.1) is 0 Å². The average molecular weight is 907 g/mol. The van der Waals surface area contributed by atoms with Gasteiger partial charge in [-0.3, -0.25) is 58.5 Å². The highest BCUT2D eigenvalue weighted by molar-refractivity contribution is 6.44. The van der Waals surface area contributed by atoms with Crippen LogP contribution in [-0.2, 0) is 9.59 Å². The Kier molecular flexibility index (Phi) is 9.77. The highest BCUT2D eigenvalue weighted by Crippen LogP contribution is 2.57. The molecule has 0 bridgehead atoms. The van der Waals surface area contributed by atoms with Crippen LogP contribution in [0.4, 0.5) is 0 Å². The monoisotopic (exact) mass is 906 g/mol. The smallest absolute Gasteiger partial charge is 0.305 e. The molecule has 11 rings (SSSR count). The lowest BCUT2D eigenvalue weighted by Crippen LogP contribution is -2.41. The molecule has 18 nitrogen and oxygen atoms in total. The molecule has 0 saturated heterocycles. The van der Waals surface area contributed by atoms with Gasteiger partial charge >= 0.3 is 11.9 Å². The number of carbonyl (C=O) groups excluding carboxylic acids is 4. The number of carboxylic acids is 2. The van der Waals surface area contributed by atoms with E-state index in [1.807, 2.05) is 0 Å². The van der Waals surface area contributed by atoms with E-state index in [4.69, 9.17) is 18.9 Å². The van der Waals surface area contributed by atoms with Crippen molar-refractivity contribution in [1.82, 2.24) is 29.7 Å². The summed E-state index contributed by atoms with van der Waals surface area (Å²) in [6, 6.07) is 18.9. The summed E-state index contributed by atoms with van der Waals surface area (Å²) < 4.78 is 26.8. The fourth-order valence-corrected chi connectivity index (χ4v) is 8.89. The number of carboxylic acid groups (broad SMARTS) is 2. The van der Waals surface area contributed by atoms with Crippen LogP contribution >= 0.6 is 0 Å². The Balaban J connectivity index is 1.38. The van der Waals surface area contributed by atoms with E-state index >= 15 is 0 Å². The molecule has 2 aliphatic heterocycles. The normalized spacial score (nSPS) is 13.2. The first-order valence-electron chi connectivity index (χ1n) is 20.9. The Morgan fingerprint density at radius 2 is 0.676 bits per heavy atom. The zero-order valence-electron chi connectivity index (χ0n) is 35.0. The van der Waals surface area contributed by atoms with Gasteiger partial charge in [-0.05, 0) is 72.8 Å². The Bertz CT molecular complexity index is 3170. The van der Waals surface area contributed by atoms with Gasteiger partial charge < -0.3 is 29.2 Å². The molecule has 9 aromatic rings. The summed E-state index contributed by atoms with van der Waals surface area (Å²) in [5, 5.41) is 21.1. The third-order valence-electron chi connectivity index (χ3n) is 11.6. The highest BCUT2D eigenvalue weighted by Gasteiger charge is 2.41. The molecule has 0 atom stereocenters. The van der Waals surface area contributed by atoms with Crippen molar-refractivity contribution in [2.24, 2.45) is 0 Å². The van der Waals surface area contributed by atoms with E-state index in [2.05, 4.69) is 19.9 Å². The molecule has 332 valence electrons. The topological polar surface area (TPSA) is 238 Å². The third kappa shape index (κ3) is 6.73. The second kappa shape index (κ2) is 16.1. The lowest BCUT2D eigenvalue weighted by molar-refractivity contribution is -0.138. The predicted molar refractivity (Wildman–Crippen MR) is 240 cm³/mol. The Labute approximate surface area is 381 Å². The number of imide groups is 2. The number of rotatable bonds is 14. The summed E-state index contributed by atoms with van der Waals surface area (Å²) in [4.78, 5) is 101. The Hall–Kier alpha value is -9.58. The molecule has 2 aliphatic rings. The molecule has 5 aromatic carbocycles. The molecule has 2 N–H and O–H groups in total.